The number of hydrogen-bond donors (Lipinski definition) is 0. The lowest BCUT2D eigenvalue weighted by Gasteiger charge is -2.12. The van der Waals surface area contributed by atoms with Gasteiger partial charge in [0, 0.05) is 21.4 Å². The van der Waals surface area contributed by atoms with E-state index in [0.717, 1.165) is 38.1 Å². The van der Waals surface area contributed by atoms with E-state index in [1.54, 1.807) is 19.4 Å². The number of carbonyl (C=O) groups is 1. The van der Waals surface area contributed by atoms with Crippen molar-refractivity contribution in [3.8, 4) is 16.9 Å². The van der Waals surface area contributed by atoms with Gasteiger partial charge in [0.15, 0.2) is 0 Å². The predicted molar refractivity (Wildman–Crippen MR) is 146 cm³/mol. The maximum absolute atomic E-state index is 12.3. The molecule has 0 saturated heterocycles. The van der Waals surface area contributed by atoms with Gasteiger partial charge in [-0.25, -0.2) is 4.21 Å². The van der Waals surface area contributed by atoms with Gasteiger partial charge in [-0.1, -0.05) is 18.2 Å². The topological polar surface area (TPSA) is 78.1 Å². The molecule has 0 N–H and O–H groups in total. The average molecular weight is 524 g/mol. The molecule has 0 unspecified atom stereocenters. The molecule has 2 aromatic carbocycles. The molecular weight excluding hydrogens is 494 g/mol. The van der Waals surface area contributed by atoms with Crippen LogP contribution in [-0.2, 0) is 33.5 Å². The zero-order chi connectivity index (χ0) is 25.7. The molecular formula is C28H29NO5S2. The molecule has 4 rings (SSSR count). The van der Waals surface area contributed by atoms with Crippen LogP contribution in [0, 0.1) is 0 Å². The van der Waals surface area contributed by atoms with Gasteiger partial charge in [-0.05, 0) is 74.5 Å². The minimum Gasteiger partial charge on any atom is -0.489 e. The zero-order valence-electron chi connectivity index (χ0n) is 20.8. The van der Waals surface area contributed by atoms with Crippen molar-refractivity contribution in [2.45, 2.75) is 45.5 Å². The number of rotatable bonds is 9. The van der Waals surface area contributed by atoms with Crippen molar-refractivity contribution in [3.63, 3.8) is 0 Å². The number of fused-ring (bicyclic) bond motifs is 1. The van der Waals surface area contributed by atoms with E-state index in [4.69, 9.17) is 13.9 Å². The first-order valence-corrected chi connectivity index (χ1v) is 13.6. The second-order valence-electron chi connectivity index (χ2n) is 9.19. The molecule has 0 saturated carbocycles. The number of nitrogens with zero attached hydrogens (tertiary/aromatic N) is 1. The van der Waals surface area contributed by atoms with E-state index in [-0.39, 0.29) is 12.4 Å². The van der Waals surface area contributed by atoms with E-state index in [1.807, 2.05) is 68.6 Å². The fraction of sp³-hybridized carbons (Fsp3) is 0.286. The van der Waals surface area contributed by atoms with Crippen LogP contribution in [0.1, 0.15) is 43.7 Å². The van der Waals surface area contributed by atoms with E-state index in [9.17, 15) is 9.00 Å². The van der Waals surface area contributed by atoms with Crippen molar-refractivity contribution < 1.29 is 22.9 Å². The minimum atomic E-state index is -1.31. The third-order valence-electron chi connectivity index (χ3n) is 5.35. The van der Waals surface area contributed by atoms with Gasteiger partial charge in [-0.15, -0.1) is 11.3 Å². The molecule has 2 aromatic heterocycles. The Morgan fingerprint density at radius 3 is 2.75 bits per heavy atom. The van der Waals surface area contributed by atoms with Crippen LogP contribution in [0.2, 0.25) is 0 Å². The number of ether oxygens (including phenoxy) is 2. The second kappa shape index (κ2) is 11.2. The van der Waals surface area contributed by atoms with Crippen molar-refractivity contribution in [2.24, 2.45) is 4.40 Å². The first-order chi connectivity index (χ1) is 17.2. The largest absolute Gasteiger partial charge is 0.489 e. The Labute approximate surface area is 217 Å². The zero-order valence-corrected chi connectivity index (χ0v) is 22.4. The van der Waals surface area contributed by atoms with Gasteiger partial charge in [0.05, 0.1) is 30.3 Å². The number of furan rings is 1. The van der Waals surface area contributed by atoms with Gasteiger partial charge >= 0.3 is 5.97 Å². The molecule has 0 fully saturated rings. The Hall–Kier alpha value is -3.23. The minimum absolute atomic E-state index is 0.162. The highest BCUT2D eigenvalue weighted by atomic mass is 32.2. The van der Waals surface area contributed by atoms with Crippen LogP contribution in [-0.4, -0.2) is 27.7 Å². The van der Waals surface area contributed by atoms with E-state index in [1.165, 1.54) is 11.3 Å². The number of para-hydroxylation sites is 1. The highest BCUT2D eigenvalue weighted by Gasteiger charge is 2.18. The molecule has 36 heavy (non-hydrogen) atoms. The molecule has 0 aliphatic rings. The molecule has 1 atom stereocenters. The van der Waals surface area contributed by atoms with E-state index >= 15 is 0 Å². The number of hydrogen-bond acceptors (Lipinski definition) is 6. The summed E-state index contributed by atoms with van der Waals surface area (Å²) >= 11 is 1.54. The summed E-state index contributed by atoms with van der Waals surface area (Å²) in [6.45, 7) is 8.17. The van der Waals surface area contributed by atoms with Crippen molar-refractivity contribution in [1.29, 1.82) is 0 Å². The lowest BCUT2D eigenvalue weighted by atomic mass is 10.0. The summed E-state index contributed by atoms with van der Waals surface area (Å²) in [5.41, 5.74) is 4.49. The number of carbonyl (C=O) groups excluding carboxylic acids is 1. The summed E-state index contributed by atoms with van der Waals surface area (Å²) in [4.78, 5) is 12.9. The molecule has 0 aliphatic carbocycles. The number of thiophene rings is 1. The highest BCUT2D eigenvalue weighted by molar-refractivity contribution is 7.85. The number of esters is 1. The van der Waals surface area contributed by atoms with E-state index in [0.29, 0.717) is 19.0 Å². The van der Waals surface area contributed by atoms with Gasteiger partial charge in [0.1, 0.15) is 28.9 Å². The van der Waals surface area contributed by atoms with E-state index in [2.05, 4.69) is 10.5 Å². The molecule has 0 radical (unpaired) electrons. The molecule has 0 aliphatic heterocycles. The van der Waals surface area contributed by atoms with Crippen LogP contribution in [0.5, 0.6) is 5.75 Å². The Balaban J connectivity index is 1.57. The smallest absolute Gasteiger partial charge is 0.310 e. The lowest BCUT2D eigenvalue weighted by molar-refractivity contribution is -0.142. The molecule has 0 bridgehead atoms. The van der Waals surface area contributed by atoms with Gasteiger partial charge in [0.25, 0.3) is 0 Å². The Kier molecular flexibility index (Phi) is 8.06. The van der Waals surface area contributed by atoms with Gasteiger partial charge in [0.2, 0.25) is 0 Å². The van der Waals surface area contributed by atoms with Gasteiger partial charge in [-0.2, -0.15) is 4.40 Å². The monoisotopic (exact) mass is 523 g/mol. The molecule has 2 heterocycles. The van der Waals surface area contributed by atoms with Crippen molar-refractivity contribution in [3.05, 3.63) is 76.2 Å². The van der Waals surface area contributed by atoms with Gasteiger partial charge in [-0.3, -0.25) is 4.79 Å². The normalized spacial score (nSPS) is 12.8. The molecule has 188 valence electrons. The summed E-state index contributed by atoms with van der Waals surface area (Å²) in [5, 5.41) is 3.01. The summed E-state index contributed by atoms with van der Waals surface area (Å²) in [5.74, 6) is 0.374. The molecule has 0 spiro atoms. The van der Waals surface area contributed by atoms with Crippen molar-refractivity contribution in [1.82, 2.24) is 0 Å². The predicted octanol–water partition coefficient (Wildman–Crippen LogP) is 6.73. The van der Waals surface area contributed by atoms with Crippen LogP contribution >= 0.6 is 11.3 Å². The van der Waals surface area contributed by atoms with Crippen LogP contribution in [0.3, 0.4) is 0 Å². The van der Waals surface area contributed by atoms with Crippen LogP contribution in [0.4, 0.5) is 0 Å². The summed E-state index contributed by atoms with van der Waals surface area (Å²) in [6.07, 6.45) is 3.51. The third kappa shape index (κ3) is 6.30. The standard InChI is InChI=1S/C28H29NO5S2/c1-5-32-26(30)15-20-8-6-7-9-25(20)34-17-19-12-21-10-11-33-27(21)24(13-19)22-14-23(35-18-22)16-29-36(31)28(2,3)4/h6-14,16,18H,5,15,17H2,1-4H3/b29-16+/t36-/m1/s1. The summed E-state index contributed by atoms with van der Waals surface area (Å²) < 4.78 is 33.1. The second-order valence-corrected chi connectivity index (χ2v) is 12.1. The third-order valence-corrected chi connectivity index (χ3v) is 7.56. The molecule has 0 amide bonds. The Morgan fingerprint density at radius 2 is 1.97 bits per heavy atom. The first kappa shape index (κ1) is 25.9. The highest BCUT2D eigenvalue weighted by Crippen LogP contribution is 2.34. The van der Waals surface area contributed by atoms with Crippen LogP contribution in [0.25, 0.3) is 22.1 Å². The van der Waals surface area contributed by atoms with Gasteiger partial charge < -0.3 is 13.9 Å². The van der Waals surface area contributed by atoms with Crippen LogP contribution < -0.4 is 4.74 Å². The van der Waals surface area contributed by atoms with E-state index < -0.39 is 15.7 Å². The summed E-state index contributed by atoms with van der Waals surface area (Å²) in [7, 11) is -1.31. The fourth-order valence-electron chi connectivity index (χ4n) is 3.58. The average Bonchev–Trinajstić information content (AvgIpc) is 3.50. The van der Waals surface area contributed by atoms with Crippen molar-refractivity contribution >= 4 is 45.5 Å². The van der Waals surface area contributed by atoms with Crippen molar-refractivity contribution in [2.75, 3.05) is 6.61 Å². The first-order valence-electron chi connectivity index (χ1n) is 11.7. The Bertz CT molecular complexity index is 1410. The SMILES string of the molecule is CCOC(=O)Cc1ccccc1OCc1cc(-c2csc(/C=N/[S@](=O)C(C)(C)C)c2)c2occc2c1. The lowest BCUT2D eigenvalue weighted by Crippen LogP contribution is -2.19. The maximum atomic E-state index is 12.3. The maximum Gasteiger partial charge on any atom is 0.310 e. The fourth-order valence-corrected chi connectivity index (χ4v) is 4.94. The summed E-state index contributed by atoms with van der Waals surface area (Å²) in [6, 6.07) is 15.5. The molecule has 4 aromatic rings. The molecule has 8 heteroatoms. The Morgan fingerprint density at radius 1 is 1.17 bits per heavy atom. The molecule has 6 nitrogen and oxygen atoms in total. The quantitative estimate of drug-likeness (QED) is 0.180. The number of benzene rings is 2. The van der Waals surface area contributed by atoms with Crippen LogP contribution in [0.15, 0.2) is 69.0 Å².